The van der Waals surface area contributed by atoms with Crippen LogP contribution in [0.2, 0.25) is 0 Å². The van der Waals surface area contributed by atoms with Crippen LogP contribution >= 0.6 is 0 Å². The van der Waals surface area contributed by atoms with Gasteiger partial charge in [-0.05, 0) is 12.8 Å². The van der Waals surface area contributed by atoms with Crippen LogP contribution in [0, 0.1) is 0 Å². The van der Waals surface area contributed by atoms with Crippen LogP contribution in [0.15, 0.2) is 17.5 Å². The number of hydrogen-bond acceptors (Lipinski definition) is 9. The van der Waals surface area contributed by atoms with Crippen molar-refractivity contribution >= 4 is 35.6 Å². The summed E-state index contributed by atoms with van der Waals surface area (Å²) in [7, 11) is 0. The number of primary amides is 1. The molecule has 0 saturated carbocycles. The van der Waals surface area contributed by atoms with Gasteiger partial charge in [0, 0.05) is 24.9 Å². The fraction of sp³-hybridized carbons (Fsp3) is 0.526. The van der Waals surface area contributed by atoms with E-state index in [0.29, 0.717) is 5.69 Å². The van der Waals surface area contributed by atoms with Crippen LogP contribution < -0.4 is 38.9 Å². The van der Waals surface area contributed by atoms with Gasteiger partial charge in [-0.3, -0.25) is 24.2 Å². The number of carboxylic acids is 1. The number of nitrogens with two attached hydrogens (primary N) is 4. The number of carboxylic acid groups (broad SMARTS) is 1. The number of carbonyl (C=O) groups excluding carboxylic acids is 4. The molecule has 0 radical (unpaired) electrons. The van der Waals surface area contributed by atoms with Crippen molar-refractivity contribution in [3.63, 3.8) is 0 Å². The van der Waals surface area contributed by atoms with Crippen molar-refractivity contribution in [3.8, 4) is 0 Å². The highest BCUT2D eigenvalue weighted by Gasteiger charge is 2.30. The van der Waals surface area contributed by atoms with E-state index < -0.39 is 66.8 Å². The van der Waals surface area contributed by atoms with E-state index >= 15 is 0 Å². The summed E-state index contributed by atoms with van der Waals surface area (Å²) in [5.74, 6) is -5.07. The van der Waals surface area contributed by atoms with Gasteiger partial charge in [-0.2, -0.15) is 0 Å². The summed E-state index contributed by atoms with van der Waals surface area (Å²) in [6.45, 7) is -0.753. The van der Waals surface area contributed by atoms with Gasteiger partial charge < -0.3 is 54.1 Å². The summed E-state index contributed by atoms with van der Waals surface area (Å²) in [6, 6.07) is -5.51. The predicted octanol–water partition coefficient (Wildman–Crippen LogP) is -5.26. The second-order valence-electron chi connectivity index (χ2n) is 7.71. The lowest BCUT2D eigenvalue weighted by Gasteiger charge is -2.24. The Morgan fingerprint density at radius 1 is 1.00 bits per heavy atom. The van der Waals surface area contributed by atoms with Crippen LogP contribution in [0.1, 0.15) is 25.0 Å². The van der Waals surface area contributed by atoms with Crippen LogP contribution in [0.3, 0.4) is 0 Å². The lowest BCUT2D eigenvalue weighted by atomic mass is 10.1. The first-order chi connectivity index (χ1) is 16.9. The number of aliphatic imine (C=N–C) groups is 1. The third kappa shape index (κ3) is 10.8. The number of amides is 4. The average molecular weight is 513 g/mol. The van der Waals surface area contributed by atoms with Gasteiger partial charge >= 0.3 is 5.97 Å². The molecule has 17 heteroatoms. The third-order valence-corrected chi connectivity index (χ3v) is 4.75. The largest absolute Gasteiger partial charge is 0.480 e. The molecule has 0 aliphatic rings. The standard InChI is InChI=1S/C19H32N10O7/c20-10(5-14(21)31)15(32)27-11(2-1-3-25-19(22)23)16(33)29-13(7-30)17(34)28-12(18(35)36)4-9-6-24-8-26-9/h6,8,10-13,30H,1-5,7,20H2,(H2,21,31)(H,24,26)(H,27,32)(H,28,34)(H,29,33)(H,35,36)(H4,22,23,25). The number of rotatable bonds is 16. The first kappa shape index (κ1) is 29.8. The number of aliphatic carboxylic acids is 1. The van der Waals surface area contributed by atoms with Crippen LogP contribution in [0.25, 0.3) is 0 Å². The van der Waals surface area contributed by atoms with E-state index in [1.54, 1.807) is 0 Å². The molecule has 0 aromatic carbocycles. The van der Waals surface area contributed by atoms with Gasteiger partial charge in [0.15, 0.2) is 5.96 Å². The topological polar surface area (TPSA) is 307 Å². The first-order valence-corrected chi connectivity index (χ1v) is 10.8. The van der Waals surface area contributed by atoms with Crippen molar-refractivity contribution in [2.24, 2.45) is 27.9 Å². The van der Waals surface area contributed by atoms with Gasteiger partial charge in [0.2, 0.25) is 23.6 Å². The number of H-pyrrole nitrogens is 1. The quantitative estimate of drug-likeness (QED) is 0.0566. The van der Waals surface area contributed by atoms with E-state index in [0.717, 1.165) is 0 Å². The van der Waals surface area contributed by atoms with Crippen molar-refractivity contribution < 1.29 is 34.2 Å². The minimum absolute atomic E-state index is 0.00497. The van der Waals surface area contributed by atoms with E-state index in [9.17, 15) is 34.2 Å². The monoisotopic (exact) mass is 512 g/mol. The molecule has 4 amide bonds. The molecule has 200 valence electrons. The molecular weight excluding hydrogens is 480 g/mol. The molecule has 0 fully saturated rings. The van der Waals surface area contributed by atoms with E-state index in [-0.39, 0.29) is 31.8 Å². The number of nitrogens with one attached hydrogen (secondary N) is 4. The van der Waals surface area contributed by atoms with Gasteiger partial charge in [-0.15, -0.1) is 0 Å². The van der Waals surface area contributed by atoms with Crippen molar-refractivity contribution in [3.05, 3.63) is 18.2 Å². The van der Waals surface area contributed by atoms with Gasteiger partial charge in [0.1, 0.15) is 18.1 Å². The van der Waals surface area contributed by atoms with Crippen molar-refractivity contribution in [1.29, 1.82) is 0 Å². The lowest BCUT2D eigenvalue weighted by Crippen LogP contribution is -2.58. The van der Waals surface area contributed by atoms with Crippen molar-refractivity contribution in [1.82, 2.24) is 25.9 Å². The van der Waals surface area contributed by atoms with Crippen LogP contribution in [-0.4, -0.2) is 93.1 Å². The lowest BCUT2D eigenvalue weighted by molar-refractivity contribution is -0.142. The van der Waals surface area contributed by atoms with E-state index in [1.807, 2.05) is 0 Å². The molecule has 1 rings (SSSR count). The van der Waals surface area contributed by atoms with Gasteiger partial charge in [-0.1, -0.05) is 0 Å². The number of aromatic amines is 1. The molecule has 0 bridgehead atoms. The molecule has 4 atom stereocenters. The molecule has 0 saturated heterocycles. The Morgan fingerprint density at radius 3 is 2.14 bits per heavy atom. The maximum atomic E-state index is 12.8. The number of aliphatic hydroxyl groups excluding tert-OH is 1. The Kier molecular flexibility index (Phi) is 12.3. The smallest absolute Gasteiger partial charge is 0.326 e. The Balaban J connectivity index is 2.89. The SMILES string of the molecule is NC(=O)CC(N)C(=O)NC(CCCN=C(N)N)C(=O)NC(CO)C(=O)NC(Cc1cnc[nH]1)C(=O)O. The van der Waals surface area contributed by atoms with Gasteiger partial charge in [-0.25, -0.2) is 9.78 Å². The highest BCUT2D eigenvalue weighted by atomic mass is 16.4. The van der Waals surface area contributed by atoms with E-state index in [4.69, 9.17) is 22.9 Å². The fourth-order valence-electron chi connectivity index (χ4n) is 2.92. The average Bonchev–Trinajstić information content (AvgIpc) is 3.31. The maximum Gasteiger partial charge on any atom is 0.326 e. The summed E-state index contributed by atoms with van der Waals surface area (Å²) in [5.41, 5.74) is 21.6. The number of aromatic nitrogens is 2. The minimum atomic E-state index is -1.54. The molecule has 1 heterocycles. The predicted molar refractivity (Wildman–Crippen MR) is 125 cm³/mol. The van der Waals surface area contributed by atoms with Gasteiger partial charge in [0.25, 0.3) is 0 Å². The number of imidazole rings is 1. The second-order valence-corrected chi connectivity index (χ2v) is 7.71. The summed E-state index contributed by atoms with van der Waals surface area (Å²) in [6.07, 6.45) is 2.34. The zero-order valence-electron chi connectivity index (χ0n) is 19.3. The first-order valence-electron chi connectivity index (χ1n) is 10.8. The summed E-state index contributed by atoms with van der Waals surface area (Å²) in [4.78, 5) is 70.5. The molecular formula is C19H32N10O7. The highest BCUT2D eigenvalue weighted by Crippen LogP contribution is 2.03. The molecule has 0 spiro atoms. The number of aliphatic hydroxyl groups is 1. The van der Waals surface area contributed by atoms with Gasteiger partial charge in [0.05, 0.1) is 25.4 Å². The Bertz CT molecular complexity index is 933. The minimum Gasteiger partial charge on any atom is -0.480 e. The molecule has 17 nitrogen and oxygen atoms in total. The Morgan fingerprint density at radius 2 is 1.61 bits per heavy atom. The third-order valence-electron chi connectivity index (χ3n) is 4.75. The second kappa shape index (κ2) is 14.9. The fourth-order valence-corrected chi connectivity index (χ4v) is 2.92. The molecule has 4 unspecified atom stereocenters. The number of carbonyl (C=O) groups is 5. The molecule has 14 N–H and O–H groups in total. The van der Waals surface area contributed by atoms with E-state index in [2.05, 4.69) is 30.9 Å². The summed E-state index contributed by atoms with van der Waals surface area (Å²) < 4.78 is 0. The summed E-state index contributed by atoms with van der Waals surface area (Å²) >= 11 is 0. The number of guanidine groups is 1. The number of nitrogens with zero attached hydrogens (tertiary/aromatic N) is 2. The Hall–Kier alpha value is -4.25. The Labute approximate surface area is 205 Å². The van der Waals surface area contributed by atoms with Crippen LogP contribution in [0.5, 0.6) is 0 Å². The highest BCUT2D eigenvalue weighted by molar-refractivity contribution is 5.95. The summed E-state index contributed by atoms with van der Waals surface area (Å²) in [5, 5.41) is 25.9. The normalized spacial score (nSPS) is 13.9. The van der Waals surface area contributed by atoms with Crippen molar-refractivity contribution in [2.75, 3.05) is 13.2 Å². The molecule has 36 heavy (non-hydrogen) atoms. The molecule has 1 aromatic heterocycles. The molecule has 0 aliphatic carbocycles. The van der Waals surface area contributed by atoms with E-state index in [1.165, 1.54) is 12.5 Å². The van der Waals surface area contributed by atoms with Crippen LogP contribution in [-0.2, 0) is 30.4 Å². The van der Waals surface area contributed by atoms with Crippen LogP contribution in [0.4, 0.5) is 0 Å². The zero-order valence-corrected chi connectivity index (χ0v) is 19.3. The maximum absolute atomic E-state index is 12.8. The zero-order chi connectivity index (χ0) is 27.3. The molecule has 0 aliphatic heterocycles. The molecule has 1 aromatic rings. The van der Waals surface area contributed by atoms with Crippen molar-refractivity contribution in [2.45, 2.75) is 49.9 Å². The number of hydrogen-bond donors (Lipinski definition) is 10.